The van der Waals surface area contributed by atoms with Crippen LogP contribution in [0.2, 0.25) is 0 Å². The van der Waals surface area contributed by atoms with E-state index in [1.807, 2.05) is 0 Å². The fourth-order valence-electron chi connectivity index (χ4n) is 1.68. The van der Waals surface area contributed by atoms with Crippen LogP contribution in [-0.4, -0.2) is 12.1 Å². The van der Waals surface area contributed by atoms with Crippen LogP contribution in [0, 0.1) is 6.92 Å². The minimum Gasteiger partial charge on any atom is -0.382 e. The first-order valence-corrected chi connectivity index (χ1v) is 6.71. The van der Waals surface area contributed by atoms with Crippen molar-refractivity contribution < 1.29 is 0 Å². The summed E-state index contributed by atoms with van der Waals surface area (Å²) in [5.41, 5.74) is 3.80. The van der Waals surface area contributed by atoms with E-state index < -0.39 is 0 Å². The maximum Gasteiger partial charge on any atom is 0.0392 e. The van der Waals surface area contributed by atoms with Gasteiger partial charge in [-0.3, -0.25) is 0 Å². The molecule has 1 rings (SSSR count). The van der Waals surface area contributed by atoms with Gasteiger partial charge in [0.2, 0.25) is 0 Å². The Morgan fingerprint density at radius 1 is 0.941 bits per heavy atom. The minimum atomic E-state index is 0.521. The normalized spacial score (nSPS) is 14.2. The topological polar surface area (TPSA) is 24.1 Å². The summed E-state index contributed by atoms with van der Waals surface area (Å²) in [6.07, 6.45) is 2.28. The summed E-state index contributed by atoms with van der Waals surface area (Å²) in [7, 11) is 0. The maximum absolute atomic E-state index is 3.55. The van der Waals surface area contributed by atoms with Gasteiger partial charge in [-0.25, -0.2) is 0 Å². The molecule has 0 aromatic heterocycles. The molecule has 0 heterocycles. The lowest BCUT2D eigenvalue weighted by atomic mass is 10.1. The van der Waals surface area contributed by atoms with Gasteiger partial charge in [0.1, 0.15) is 0 Å². The van der Waals surface area contributed by atoms with Crippen LogP contribution in [0.15, 0.2) is 18.2 Å². The quantitative estimate of drug-likeness (QED) is 0.761. The highest BCUT2D eigenvalue weighted by atomic mass is 14.9. The van der Waals surface area contributed by atoms with E-state index in [9.17, 15) is 0 Å². The molecule has 1 aromatic rings. The Labute approximate surface area is 106 Å². The average Bonchev–Trinajstić information content (AvgIpc) is 2.33. The van der Waals surface area contributed by atoms with Gasteiger partial charge >= 0.3 is 0 Å². The molecule has 0 saturated carbocycles. The molecule has 0 bridgehead atoms. The molecule has 96 valence electrons. The highest BCUT2D eigenvalue weighted by Gasteiger charge is 2.07. The molecule has 17 heavy (non-hydrogen) atoms. The van der Waals surface area contributed by atoms with Crippen LogP contribution >= 0.6 is 0 Å². The van der Waals surface area contributed by atoms with Gasteiger partial charge in [0.05, 0.1) is 0 Å². The van der Waals surface area contributed by atoms with Gasteiger partial charge in [0, 0.05) is 23.5 Å². The van der Waals surface area contributed by atoms with Crippen molar-refractivity contribution in [1.29, 1.82) is 0 Å². The zero-order chi connectivity index (χ0) is 12.8. The molecule has 2 heteroatoms. The van der Waals surface area contributed by atoms with Crippen LogP contribution in [0.1, 0.15) is 46.1 Å². The first-order valence-electron chi connectivity index (χ1n) is 6.71. The third-order valence-electron chi connectivity index (χ3n) is 3.36. The van der Waals surface area contributed by atoms with Crippen LogP contribution < -0.4 is 10.6 Å². The molecule has 2 unspecified atom stereocenters. The van der Waals surface area contributed by atoms with E-state index in [-0.39, 0.29) is 0 Å². The molecule has 0 aliphatic heterocycles. The van der Waals surface area contributed by atoms with Crippen LogP contribution in [0.5, 0.6) is 0 Å². The summed E-state index contributed by atoms with van der Waals surface area (Å²) in [6.45, 7) is 11.0. The van der Waals surface area contributed by atoms with Gasteiger partial charge in [0.15, 0.2) is 0 Å². The lowest BCUT2D eigenvalue weighted by Gasteiger charge is -2.20. The van der Waals surface area contributed by atoms with E-state index in [1.165, 1.54) is 16.9 Å². The third-order valence-corrected chi connectivity index (χ3v) is 3.36. The third kappa shape index (κ3) is 3.95. The van der Waals surface area contributed by atoms with E-state index in [2.05, 4.69) is 63.5 Å². The molecule has 0 radical (unpaired) electrons. The molecule has 2 atom stereocenters. The summed E-state index contributed by atoms with van der Waals surface area (Å²) in [4.78, 5) is 0. The van der Waals surface area contributed by atoms with E-state index in [1.54, 1.807) is 0 Å². The lowest BCUT2D eigenvalue weighted by molar-refractivity contribution is 0.758. The highest BCUT2D eigenvalue weighted by Crippen LogP contribution is 2.25. The Balaban J connectivity index is 2.83. The van der Waals surface area contributed by atoms with Crippen molar-refractivity contribution in [2.45, 2.75) is 59.5 Å². The van der Waals surface area contributed by atoms with Gasteiger partial charge in [0.25, 0.3) is 0 Å². The fraction of sp³-hybridized carbons (Fsp3) is 0.600. The molecular formula is C15H26N2. The molecule has 0 saturated heterocycles. The molecule has 2 N–H and O–H groups in total. The molecule has 0 amide bonds. The van der Waals surface area contributed by atoms with Crippen molar-refractivity contribution in [3.63, 3.8) is 0 Å². The number of anilines is 2. The largest absolute Gasteiger partial charge is 0.382 e. The summed E-state index contributed by atoms with van der Waals surface area (Å²) >= 11 is 0. The summed E-state index contributed by atoms with van der Waals surface area (Å²) in [6, 6.07) is 7.47. The van der Waals surface area contributed by atoms with Gasteiger partial charge in [-0.15, -0.1) is 0 Å². The molecule has 0 aliphatic rings. The Hall–Kier alpha value is -1.18. The van der Waals surface area contributed by atoms with Crippen molar-refractivity contribution in [2.24, 2.45) is 0 Å². The van der Waals surface area contributed by atoms with Crippen LogP contribution in [0.4, 0.5) is 11.4 Å². The van der Waals surface area contributed by atoms with Crippen molar-refractivity contribution in [2.75, 3.05) is 10.6 Å². The van der Waals surface area contributed by atoms with E-state index in [4.69, 9.17) is 0 Å². The zero-order valence-corrected chi connectivity index (χ0v) is 11.8. The monoisotopic (exact) mass is 234 g/mol. The van der Waals surface area contributed by atoms with Gasteiger partial charge in [-0.1, -0.05) is 19.9 Å². The Kier molecular flexibility index (Phi) is 5.33. The Morgan fingerprint density at radius 3 is 1.71 bits per heavy atom. The second-order valence-electron chi connectivity index (χ2n) is 4.89. The van der Waals surface area contributed by atoms with E-state index in [0.717, 1.165) is 12.8 Å². The smallest absolute Gasteiger partial charge is 0.0392 e. The Morgan fingerprint density at radius 2 is 1.35 bits per heavy atom. The van der Waals surface area contributed by atoms with Gasteiger partial charge < -0.3 is 10.6 Å². The second kappa shape index (κ2) is 6.53. The standard InChI is InChI=1S/C15H26N2/c1-6-11(3)16-14-9-8-10-15(13(14)5)17-12(4)7-2/h8-12,16-17H,6-7H2,1-5H3. The summed E-state index contributed by atoms with van der Waals surface area (Å²) in [5, 5.41) is 7.10. The predicted octanol–water partition coefficient (Wildman–Crippen LogP) is 4.42. The lowest BCUT2D eigenvalue weighted by Crippen LogP contribution is -2.17. The van der Waals surface area contributed by atoms with Crippen LogP contribution in [0.3, 0.4) is 0 Å². The van der Waals surface area contributed by atoms with E-state index in [0.29, 0.717) is 12.1 Å². The van der Waals surface area contributed by atoms with Crippen molar-refractivity contribution in [1.82, 2.24) is 0 Å². The van der Waals surface area contributed by atoms with Crippen LogP contribution in [-0.2, 0) is 0 Å². The zero-order valence-electron chi connectivity index (χ0n) is 11.8. The van der Waals surface area contributed by atoms with E-state index >= 15 is 0 Å². The number of hydrogen-bond donors (Lipinski definition) is 2. The number of benzene rings is 1. The first kappa shape index (κ1) is 13.9. The van der Waals surface area contributed by atoms with Crippen molar-refractivity contribution in [3.05, 3.63) is 23.8 Å². The number of rotatable bonds is 6. The predicted molar refractivity (Wildman–Crippen MR) is 77.9 cm³/mol. The average molecular weight is 234 g/mol. The Bertz CT molecular complexity index is 317. The molecule has 0 fully saturated rings. The molecule has 0 aliphatic carbocycles. The second-order valence-corrected chi connectivity index (χ2v) is 4.89. The van der Waals surface area contributed by atoms with Crippen molar-refractivity contribution in [3.8, 4) is 0 Å². The highest BCUT2D eigenvalue weighted by molar-refractivity contribution is 5.65. The van der Waals surface area contributed by atoms with Gasteiger partial charge in [-0.2, -0.15) is 0 Å². The molecule has 2 nitrogen and oxygen atoms in total. The maximum atomic E-state index is 3.55. The SMILES string of the molecule is CCC(C)Nc1cccc(NC(C)CC)c1C. The van der Waals surface area contributed by atoms with Gasteiger partial charge in [-0.05, 0) is 51.3 Å². The van der Waals surface area contributed by atoms with Crippen LogP contribution in [0.25, 0.3) is 0 Å². The first-order chi connectivity index (χ1) is 8.08. The summed E-state index contributed by atoms with van der Waals surface area (Å²) in [5.74, 6) is 0. The molecular weight excluding hydrogens is 208 g/mol. The number of hydrogen-bond acceptors (Lipinski definition) is 2. The fourth-order valence-corrected chi connectivity index (χ4v) is 1.68. The van der Waals surface area contributed by atoms with Crippen molar-refractivity contribution >= 4 is 11.4 Å². The summed E-state index contributed by atoms with van der Waals surface area (Å²) < 4.78 is 0. The molecule has 0 spiro atoms. The minimum absolute atomic E-state index is 0.521. The number of nitrogens with one attached hydrogen (secondary N) is 2. The molecule has 1 aromatic carbocycles.